The third kappa shape index (κ3) is 1.70. The predicted molar refractivity (Wildman–Crippen MR) is 76.6 cm³/mol. The van der Waals surface area contributed by atoms with Crippen LogP contribution in [0.15, 0.2) is 42.2 Å². The molecule has 4 aromatic heterocycles. The molecule has 0 saturated heterocycles. The van der Waals surface area contributed by atoms with E-state index in [0.29, 0.717) is 5.15 Å². The molecule has 0 aliphatic carbocycles. The van der Waals surface area contributed by atoms with E-state index in [1.54, 1.807) is 28.1 Å². The fourth-order valence-electron chi connectivity index (χ4n) is 2.04. The van der Waals surface area contributed by atoms with Gasteiger partial charge in [0.2, 0.25) is 0 Å². The van der Waals surface area contributed by atoms with Crippen molar-refractivity contribution in [3.05, 3.63) is 47.3 Å². The largest absolute Gasteiger partial charge is 0.236 e. The molecule has 0 aromatic carbocycles. The van der Waals surface area contributed by atoms with Crippen molar-refractivity contribution in [2.45, 2.75) is 0 Å². The average molecular weight is 287 g/mol. The van der Waals surface area contributed by atoms with Crippen LogP contribution in [0.4, 0.5) is 0 Å². The fraction of sp³-hybridized carbons (Fsp3) is 0. The second-order valence-corrected chi connectivity index (χ2v) is 5.41. The maximum Gasteiger partial charge on any atom is 0.154 e. The molecule has 92 valence electrons. The maximum atomic E-state index is 5.97. The minimum absolute atomic E-state index is 0.500. The molecule has 4 heterocycles. The second kappa shape index (κ2) is 4.01. The Morgan fingerprint density at radius 3 is 3.11 bits per heavy atom. The van der Waals surface area contributed by atoms with Crippen LogP contribution in [0.1, 0.15) is 0 Å². The molecule has 0 unspecified atom stereocenters. The molecule has 0 aliphatic heterocycles. The molecule has 0 bridgehead atoms. The minimum Gasteiger partial charge on any atom is -0.236 e. The zero-order chi connectivity index (χ0) is 12.8. The van der Waals surface area contributed by atoms with E-state index >= 15 is 0 Å². The van der Waals surface area contributed by atoms with Crippen LogP contribution >= 0.6 is 22.9 Å². The van der Waals surface area contributed by atoms with Gasteiger partial charge in [-0.05, 0) is 12.1 Å². The highest BCUT2D eigenvalue weighted by atomic mass is 35.5. The highest BCUT2D eigenvalue weighted by molar-refractivity contribution is 7.17. The van der Waals surface area contributed by atoms with E-state index in [9.17, 15) is 0 Å². The van der Waals surface area contributed by atoms with Gasteiger partial charge in [0.25, 0.3) is 0 Å². The van der Waals surface area contributed by atoms with Crippen LogP contribution in [0, 0.1) is 0 Å². The third-order valence-corrected chi connectivity index (χ3v) is 4.09. The number of hydrogen-bond donors (Lipinski definition) is 0. The van der Waals surface area contributed by atoms with E-state index in [4.69, 9.17) is 11.6 Å². The molecule has 6 heteroatoms. The van der Waals surface area contributed by atoms with Crippen LogP contribution in [0.25, 0.3) is 27.0 Å². The number of nitrogens with zero attached hydrogens (tertiary/aromatic N) is 4. The first-order valence-corrected chi connectivity index (χ1v) is 6.90. The van der Waals surface area contributed by atoms with E-state index in [2.05, 4.69) is 20.4 Å². The summed E-state index contributed by atoms with van der Waals surface area (Å²) in [5.74, 6) is 0. The van der Waals surface area contributed by atoms with Gasteiger partial charge in [0, 0.05) is 35.0 Å². The van der Waals surface area contributed by atoms with Crippen molar-refractivity contribution in [3.63, 3.8) is 0 Å². The second-order valence-electron chi connectivity index (χ2n) is 4.11. The highest BCUT2D eigenvalue weighted by Crippen LogP contribution is 2.33. The molecule has 19 heavy (non-hydrogen) atoms. The summed E-state index contributed by atoms with van der Waals surface area (Å²) in [7, 11) is 0. The Labute approximate surface area is 117 Å². The number of hydrogen-bond acceptors (Lipinski definition) is 4. The third-order valence-electron chi connectivity index (χ3n) is 2.94. The van der Waals surface area contributed by atoms with Crippen molar-refractivity contribution in [2.24, 2.45) is 0 Å². The Hall–Kier alpha value is -1.98. The lowest BCUT2D eigenvalue weighted by Crippen LogP contribution is -1.91. The van der Waals surface area contributed by atoms with Gasteiger partial charge in [-0.15, -0.1) is 11.3 Å². The topological polar surface area (TPSA) is 43.1 Å². The number of pyridine rings is 1. The van der Waals surface area contributed by atoms with Gasteiger partial charge in [-0.3, -0.25) is 0 Å². The Kier molecular flexibility index (Phi) is 2.30. The summed E-state index contributed by atoms with van der Waals surface area (Å²) in [6, 6.07) is 5.66. The normalized spacial score (nSPS) is 11.4. The number of thiophene rings is 1. The zero-order valence-corrected chi connectivity index (χ0v) is 11.2. The van der Waals surface area contributed by atoms with Gasteiger partial charge < -0.3 is 0 Å². The lowest BCUT2D eigenvalue weighted by Gasteiger charge is -2.00. The number of rotatable bonds is 1. The van der Waals surface area contributed by atoms with Gasteiger partial charge in [0.1, 0.15) is 5.15 Å². The summed E-state index contributed by atoms with van der Waals surface area (Å²) in [6.07, 6.45) is 5.51. The van der Waals surface area contributed by atoms with E-state index in [-0.39, 0.29) is 0 Å². The van der Waals surface area contributed by atoms with Gasteiger partial charge in [-0.1, -0.05) is 11.6 Å². The standard InChI is InChI=1S/C13H7ClN4S/c14-11-2-1-10-13(17-11)9(7-19-10)8-5-15-12-3-4-16-18(12)6-8/h1-7H. The van der Waals surface area contributed by atoms with Crippen LogP contribution in [0.5, 0.6) is 0 Å². The molecule has 0 N–H and O–H groups in total. The summed E-state index contributed by atoms with van der Waals surface area (Å²) in [4.78, 5) is 8.77. The van der Waals surface area contributed by atoms with Gasteiger partial charge in [0.05, 0.1) is 16.4 Å². The fourth-order valence-corrected chi connectivity index (χ4v) is 3.10. The maximum absolute atomic E-state index is 5.97. The van der Waals surface area contributed by atoms with E-state index in [1.807, 2.05) is 24.5 Å². The van der Waals surface area contributed by atoms with Crippen molar-refractivity contribution in [2.75, 3.05) is 0 Å². The SMILES string of the molecule is Clc1ccc2scc(-c3cnc4ccnn4c3)c2n1. The number of halogens is 1. The summed E-state index contributed by atoms with van der Waals surface area (Å²) < 4.78 is 2.86. The molecule has 4 aromatic rings. The van der Waals surface area contributed by atoms with E-state index in [1.165, 1.54) is 0 Å². The molecule has 0 saturated carbocycles. The first-order valence-electron chi connectivity index (χ1n) is 5.65. The lowest BCUT2D eigenvalue weighted by atomic mass is 10.1. The van der Waals surface area contributed by atoms with Crippen molar-refractivity contribution in [1.82, 2.24) is 19.6 Å². The van der Waals surface area contributed by atoms with Crippen LogP contribution in [-0.2, 0) is 0 Å². The molecular weight excluding hydrogens is 280 g/mol. The van der Waals surface area contributed by atoms with E-state index in [0.717, 1.165) is 27.0 Å². The summed E-state index contributed by atoms with van der Waals surface area (Å²) in [5.41, 5.74) is 3.75. The Morgan fingerprint density at radius 2 is 2.16 bits per heavy atom. The predicted octanol–water partition coefficient (Wildman–Crippen LogP) is 3.66. The van der Waals surface area contributed by atoms with Gasteiger partial charge >= 0.3 is 0 Å². The van der Waals surface area contributed by atoms with Crippen molar-refractivity contribution >= 4 is 38.8 Å². The Balaban J connectivity index is 2.00. The summed E-state index contributed by atoms with van der Waals surface area (Å²) in [6.45, 7) is 0. The number of fused-ring (bicyclic) bond motifs is 2. The molecule has 0 atom stereocenters. The number of aromatic nitrogens is 4. The molecule has 0 aliphatic rings. The first kappa shape index (κ1) is 10.9. The highest BCUT2D eigenvalue weighted by Gasteiger charge is 2.10. The van der Waals surface area contributed by atoms with Crippen molar-refractivity contribution < 1.29 is 0 Å². The molecular formula is C13H7ClN4S. The first-order chi connectivity index (χ1) is 9.31. The molecule has 0 radical (unpaired) electrons. The van der Waals surface area contributed by atoms with Crippen LogP contribution in [0.3, 0.4) is 0 Å². The molecule has 4 nitrogen and oxygen atoms in total. The van der Waals surface area contributed by atoms with Crippen LogP contribution < -0.4 is 0 Å². The van der Waals surface area contributed by atoms with Gasteiger partial charge in [-0.2, -0.15) is 5.10 Å². The minimum atomic E-state index is 0.500. The van der Waals surface area contributed by atoms with Crippen LogP contribution in [0.2, 0.25) is 5.15 Å². The zero-order valence-electron chi connectivity index (χ0n) is 9.62. The van der Waals surface area contributed by atoms with Crippen LogP contribution in [-0.4, -0.2) is 19.6 Å². The van der Waals surface area contributed by atoms with Gasteiger partial charge in [-0.25, -0.2) is 14.5 Å². The quantitative estimate of drug-likeness (QED) is 0.502. The Bertz CT molecular complexity index is 896. The lowest BCUT2D eigenvalue weighted by molar-refractivity contribution is 0.942. The van der Waals surface area contributed by atoms with Crippen molar-refractivity contribution in [1.29, 1.82) is 0 Å². The van der Waals surface area contributed by atoms with Gasteiger partial charge in [0.15, 0.2) is 5.65 Å². The molecule has 0 spiro atoms. The molecule has 0 fully saturated rings. The average Bonchev–Trinajstić information content (AvgIpc) is 3.03. The van der Waals surface area contributed by atoms with E-state index < -0.39 is 0 Å². The monoisotopic (exact) mass is 286 g/mol. The smallest absolute Gasteiger partial charge is 0.154 e. The molecule has 4 rings (SSSR count). The summed E-state index contributed by atoms with van der Waals surface area (Å²) in [5, 5.41) is 6.77. The molecule has 0 amide bonds. The van der Waals surface area contributed by atoms with Crippen molar-refractivity contribution in [3.8, 4) is 11.1 Å². The summed E-state index contributed by atoms with van der Waals surface area (Å²) >= 11 is 7.62. The Morgan fingerprint density at radius 1 is 1.21 bits per heavy atom.